The number of amides is 2. The Labute approximate surface area is 215 Å². The van der Waals surface area contributed by atoms with Crippen LogP contribution in [0.3, 0.4) is 0 Å². The molecule has 0 unspecified atom stereocenters. The van der Waals surface area contributed by atoms with Gasteiger partial charge >= 0.3 is 0 Å². The molecule has 4 aromatic rings. The molecule has 37 heavy (non-hydrogen) atoms. The molecule has 0 spiro atoms. The molecule has 3 aromatic carbocycles. The average Bonchev–Trinajstić information content (AvgIpc) is 3.33. The Morgan fingerprint density at radius 1 is 0.946 bits per heavy atom. The minimum absolute atomic E-state index is 0.119. The van der Waals surface area contributed by atoms with Crippen LogP contribution in [0.2, 0.25) is 0 Å². The first-order valence-electron chi connectivity index (χ1n) is 12.1. The fourth-order valence-electron chi connectivity index (χ4n) is 4.17. The lowest BCUT2D eigenvalue weighted by molar-refractivity contribution is -0.125. The number of aromatic amines is 1. The highest BCUT2D eigenvalue weighted by atomic mass is 19.1. The quantitative estimate of drug-likeness (QED) is 0.271. The number of benzene rings is 3. The Bertz CT molecular complexity index is 1340. The minimum atomic E-state index is -0.378. The number of H-pyrrole nitrogens is 1. The molecule has 0 fully saturated rings. The number of methoxy groups -OCH3 is 1. The third-order valence-corrected chi connectivity index (χ3v) is 6.05. The van der Waals surface area contributed by atoms with Crippen molar-refractivity contribution < 1.29 is 23.5 Å². The molecule has 4 rings (SSSR count). The molecule has 0 saturated heterocycles. The molecule has 0 saturated carbocycles. The van der Waals surface area contributed by atoms with Gasteiger partial charge in [0.05, 0.1) is 13.2 Å². The lowest BCUT2D eigenvalue weighted by Gasteiger charge is -2.20. The van der Waals surface area contributed by atoms with Crippen molar-refractivity contribution in [1.82, 2.24) is 15.6 Å². The van der Waals surface area contributed by atoms with Crippen molar-refractivity contribution in [2.75, 3.05) is 20.3 Å². The Morgan fingerprint density at radius 2 is 1.70 bits per heavy atom. The van der Waals surface area contributed by atoms with Gasteiger partial charge in [0.2, 0.25) is 5.91 Å². The highest BCUT2D eigenvalue weighted by Gasteiger charge is 2.17. The first kappa shape index (κ1) is 25.8. The molecule has 8 heteroatoms. The van der Waals surface area contributed by atoms with Crippen molar-refractivity contribution in [3.05, 3.63) is 95.9 Å². The third-order valence-electron chi connectivity index (χ3n) is 6.05. The van der Waals surface area contributed by atoms with Crippen LogP contribution in [0.4, 0.5) is 4.39 Å². The number of rotatable bonds is 12. The molecule has 2 amide bonds. The van der Waals surface area contributed by atoms with Gasteiger partial charge in [-0.25, -0.2) is 4.39 Å². The number of aromatic nitrogens is 1. The van der Waals surface area contributed by atoms with Gasteiger partial charge in [-0.3, -0.25) is 9.59 Å². The number of carbonyl (C=O) groups excluding carboxylic acids is 2. The highest BCUT2D eigenvalue weighted by Crippen LogP contribution is 2.20. The molecule has 1 atom stereocenters. The van der Waals surface area contributed by atoms with E-state index in [1.807, 2.05) is 54.7 Å². The first-order valence-corrected chi connectivity index (χ1v) is 12.1. The number of aryl methyl sites for hydroxylation is 1. The number of halogens is 1. The van der Waals surface area contributed by atoms with E-state index in [9.17, 15) is 14.0 Å². The largest absolute Gasteiger partial charge is 0.496 e. The molecule has 0 aliphatic rings. The van der Waals surface area contributed by atoms with Crippen LogP contribution in [0.1, 0.15) is 17.5 Å². The van der Waals surface area contributed by atoms with E-state index >= 15 is 0 Å². The zero-order valence-electron chi connectivity index (χ0n) is 20.6. The summed E-state index contributed by atoms with van der Waals surface area (Å²) >= 11 is 0. The summed E-state index contributed by atoms with van der Waals surface area (Å²) in [6, 6.07) is 20.6. The Morgan fingerprint density at radius 3 is 2.51 bits per heavy atom. The molecule has 192 valence electrons. The third kappa shape index (κ3) is 7.33. The molecule has 7 nitrogen and oxygen atoms in total. The van der Waals surface area contributed by atoms with E-state index in [1.165, 1.54) is 24.3 Å². The fraction of sp³-hybridized carbons (Fsp3) is 0.241. The Kier molecular flexibility index (Phi) is 8.75. The summed E-state index contributed by atoms with van der Waals surface area (Å²) in [5.41, 5.74) is 2.99. The molecular formula is C29H30FN3O4. The SMILES string of the molecule is COc1ccccc1CCC(=O)NC[C@@H](Cc1c[nH]c2ccccc12)NC(=O)COc1ccc(F)cc1. The van der Waals surface area contributed by atoms with E-state index < -0.39 is 0 Å². The maximum Gasteiger partial charge on any atom is 0.258 e. The van der Waals surface area contributed by atoms with Crippen LogP contribution >= 0.6 is 0 Å². The van der Waals surface area contributed by atoms with Crippen molar-refractivity contribution >= 4 is 22.7 Å². The maximum absolute atomic E-state index is 13.1. The summed E-state index contributed by atoms with van der Waals surface area (Å²) in [7, 11) is 1.61. The van der Waals surface area contributed by atoms with Gasteiger partial charge in [-0.1, -0.05) is 36.4 Å². The Hall–Kier alpha value is -4.33. The number of carbonyl (C=O) groups is 2. The second kappa shape index (κ2) is 12.6. The summed E-state index contributed by atoms with van der Waals surface area (Å²) in [4.78, 5) is 28.5. The smallest absolute Gasteiger partial charge is 0.258 e. The average molecular weight is 504 g/mol. The predicted molar refractivity (Wildman–Crippen MR) is 140 cm³/mol. The summed E-state index contributed by atoms with van der Waals surface area (Å²) in [6.07, 6.45) is 3.27. The summed E-state index contributed by atoms with van der Waals surface area (Å²) in [5, 5.41) is 6.97. The highest BCUT2D eigenvalue weighted by molar-refractivity contribution is 5.83. The van der Waals surface area contributed by atoms with Crippen LogP contribution in [0.15, 0.2) is 79.0 Å². The number of hydrogen-bond donors (Lipinski definition) is 3. The van der Waals surface area contributed by atoms with Gasteiger partial charge in [0.15, 0.2) is 6.61 Å². The van der Waals surface area contributed by atoms with Crippen LogP contribution in [0.5, 0.6) is 11.5 Å². The zero-order valence-corrected chi connectivity index (χ0v) is 20.6. The molecule has 0 aliphatic heterocycles. The molecule has 1 heterocycles. The van der Waals surface area contributed by atoms with E-state index in [-0.39, 0.29) is 36.8 Å². The number of fused-ring (bicyclic) bond motifs is 1. The van der Waals surface area contributed by atoms with Crippen molar-refractivity contribution in [3.63, 3.8) is 0 Å². The normalized spacial score (nSPS) is 11.6. The Balaban J connectivity index is 1.36. The van der Waals surface area contributed by atoms with Gasteiger partial charge in [-0.15, -0.1) is 0 Å². The van der Waals surface area contributed by atoms with E-state index in [0.29, 0.717) is 25.0 Å². The molecule has 0 bridgehead atoms. The van der Waals surface area contributed by atoms with Crippen LogP contribution in [-0.2, 0) is 22.4 Å². The summed E-state index contributed by atoms with van der Waals surface area (Å²) < 4.78 is 24.0. The van der Waals surface area contributed by atoms with Crippen LogP contribution in [-0.4, -0.2) is 43.1 Å². The molecule has 3 N–H and O–H groups in total. The topological polar surface area (TPSA) is 92.5 Å². The molecule has 0 aliphatic carbocycles. The summed E-state index contributed by atoms with van der Waals surface area (Å²) in [6.45, 7) is 0.0321. The standard InChI is InChI=1S/C29H30FN3O4/c1-36-27-9-5-2-6-20(27)10-15-28(34)32-18-23(16-21-17-31-26-8-4-3-7-25(21)26)33-29(35)19-37-24-13-11-22(30)12-14-24/h2-9,11-14,17,23,31H,10,15-16,18-19H2,1H3,(H,32,34)(H,33,35)/t23-/m1/s1. The predicted octanol–water partition coefficient (Wildman–Crippen LogP) is 4.17. The monoisotopic (exact) mass is 503 g/mol. The van der Waals surface area contributed by atoms with Gasteiger partial charge in [0.25, 0.3) is 5.91 Å². The summed E-state index contributed by atoms with van der Waals surface area (Å²) in [5.74, 6) is 0.316. The van der Waals surface area contributed by atoms with Gasteiger partial charge in [0, 0.05) is 30.1 Å². The van der Waals surface area contributed by atoms with Gasteiger partial charge in [0.1, 0.15) is 17.3 Å². The minimum Gasteiger partial charge on any atom is -0.496 e. The molecule has 0 radical (unpaired) electrons. The van der Waals surface area contributed by atoms with E-state index in [1.54, 1.807) is 7.11 Å². The van der Waals surface area contributed by atoms with Crippen LogP contribution in [0, 0.1) is 5.82 Å². The lowest BCUT2D eigenvalue weighted by Crippen LogP contribution is -2.46. The van der Waals surface area contributed by atoms with Crippen LogP contribution < -0.4 is 20.1 Å². The number of ether oxygens (including phenoxy) is 2. The maximum atomic E-state index is 13.1. The second-order valence-corrected chi connectivity index (χ2v) is 8.69. The second-order valence-electron chi connectivity index (χ2n) is 8.69. The zero-order chi connectivity index (χ0) is 26.0. The number of nitrogens with one attached hydrogen (secondary N) is 3. The number of para-hydroxylation sites is 2. The van der Waals surface area contributed by atoms with Crippen molar-refractivity contribution in [2.45, 2.75) is 25.3 Å². The number of hydrogen-bond acceptors (Lipinski definition) is 4. The van der Waals surface area contributed by atoms with Gasteiger partial charge in [-0.05, 0) is 60.4 Å². The van der Waals surface area contributed by atoms with E-state index in [2.05, 4.69) is 15.6 Å². The first-order chi connectivity index (χ1) is 18.0. The van der Waals surface area contributed by atoms with Gasteiger partial charge < -0.3 is 25.1 Å². The van der Waals surface area contributed by atoms with Crippen molar-refractivity contribution in [1.29, 1.82) is 0 Å². The fourth-order valence-corrected chi connectivity index (χ4v) is 4.17. The lowest BCUT2D eigenvalue weighted by atomic mass is 10.0. The molecule has 1 aromatic heterocycles. The van der Waals surface area contributed by atoms with Crippen molar-refractivity contribution in [3.8, 4) is 11.5 Å². The van der Waals surface area contributed by atoms with Crippen molar-refractivity contribution in [2.24, 2.45) is 0 Å². The van der Waals surface area contributed by atoms with E-state index in [4.69, 9.17) is 9.47 Å². The van der Waals surface area contributed by atoms with Crippen LogP contribution in [0.25, 0.3) is 10.9 Å². The molecular weight excluding hydrogens is 473 g/mol. The van der Waals surface area contributed by atoms with E-state index in [0.717, 1.165) is 27.8 Å². The van der Waals surface area contributed by atoms with Gasteiger partial charge in [-0.2, -0.15) is 0 Å².